The number of rotatable bonds is 9. The third-order valence-electron chi connectivity index (χ3n) is 5.87. The number of halogens is 5. The molecule has 3 amide bonds. The molecule has 0 fully saturated rings. The Morgan fingerprint density at radius 1 is 0.900 bits per heavy atom. The second kappa shape index (κ2) is 13.3. The average Bonchev–Trinajstić information content (AvgIpc) is 2.88. The summed E-state index contributed by atoms with van der Waals surface area (Å²) < 4.78 is 41.9. The van der Waals surface area contributed by atoms with Crippen molar-refractivity contribution in [3.8, 4) is 0 Å². The van der Waals surface area contributed by atoms with Crippen molar-refractivity contribution in [2.75, 3.05) is 10.6 Å². The number of nitrogens with one attached hydrogen (secondary N) is 3. The fraction of sp³-hybridized carbons (Fsp3) is 0.276. The number of benzene rings is 3. The molecule has 3 rings (SSSR count). The fourth-order valence-corrected chi connectivity index (χ4v) is 4.15. The summed E-state index contributed by atoms with van der Waals surface area (Å²) in [5.41, 5.74) is -0.0251. The van der Waals surface area contributed by atoms with Crippen LogP contribution < -0.4 is 16.0 Å². The van der Waals surface area contributed by atoms with Crippen LogP contribution in [0.4, 0.5) is 24.5 Å². The Balaban J connectivity index is 1.87. The van der Waals surface area contributed by atoms with Gasteiger partial charge in [-0.2, -0.15) is 0 Å². The molecule has 3 aromatic rings. The predicted molar refractivity (Wildman–Crippen MR) is 154 cm³/mol. The lowest BCUT2D eigenvalue weighted by molar-refractivity contribution is -0.128. The Morgan fingerprint density at radius 2 is 1.50 bits per heavy atom. The molecule has 0 bridgehead atoms. The van der Waals surface area contributed by atoms with E-state index in [1.807, 2.05) is 0 Å². The standard InChI is InChI=1S/C29H28BrClF3N3O3/c1-29(2,3)28(40)35-15-17-5-12-22(31)24(25(17)34)27(39)37-20-9-4-16(6-13-23(32)33)21(14-20)26(38)36-19-10-7-18(30)8-11-19/h4-5,7-12,14,23H,6,13,15H2,1-3H3,(H,35,40)(H,36,38)(H,37,39). The number of carbonyl (C=O) groups excluding carboxylic acids is 3. The maximum atomic E-state index is 15.3. The highest BCUT2D eigenvalue weighted by Crippen LogP contribution is 2.26. The van der Waals surface area contributed by atoms with Gasteiger partial charge in [0.25, 0.3) is 11.8 Å². The Morgan fingerprint density at radius 3 is 2.12 bits per heavy atom. The largest absolute Gasteiger partial charge is 0.351 e. The normalized spacial score (nSPS) is 11.3. The molecule has 0 saturated carbocycles. The molecule has 3 aromatic carbocycles. The summed E-state index contributed by atoms with van der Waals surface area (Å²) in [4.78, 5) is 38.4. The van der Waals surface area contributed by atoms with Gasteiger partial charge in [0.2, 0.25) is 12.3 Å². The molecule has 0 aliphatic heterocycles. The van der Waals surface area contributed by atoms with E-state index >= 15 is 4.39 Å². The van der Waals surface area contributed by atoms with Gasteiger partial charge in [-0.25, -0.2) is 13.2 Å². The van der Waals surface area contributed by atoms with Crippen LogP contribution in [0.25, 0.3) is 0 Å². The van der Waals surface area contributed by atoms with Crippen molar-refractivity contribution >= 4 is 56.6 Å². The van der Waals surface area contributed by atoms with Crippen LogP contribution in [0.3, 0.4) is 0 Å². The number of hydrogen-bond acceptors (Lipinski definition) is 3. The molecular weight excluding hydrogens is 611 g/mol. The van der Waals surface area contributed by atoms with E-state index in [0.29, 0.717) is 11.3 Å². The van der Waals surface area contributed by atoms with Crippen LogP contribution in [-0.4, -0.2) is 24.1 Å². The molecule has 0 unspecified atom stereocenters. The third kappa shape index (κ3) is 8.32. The van der Waals surface area contributed by atoms with Crippen LogP contribution in [0.5, 0.6) is 0 Å². The average molecular weight is 639 g/mol. The van der Waals surface area contributed by atoms with E-state index in [0.717, 1.165) is 4.47 Å². The quantitative estimate of drug-likeness (QED) is 0.226. The van der Waals surface area contributed by atoms with Gasteiger partial charge in [0.1, 0.15) is 5.82 Å². The van der Waals surface area contributed by atoms with Crippen molar-refractivity contribution in [3.05, 3.63) is 92.2 Å². The molecule has 6 nitrogen and oxygen atoms in total. The number of carbonyl (C=O) groups is 3. The van der Waals surface area contributed by atoms with Crippen molar-refractivity contribution in [1.29, 1.82) is 0 Å². The third-order valence-corrected chi connectivity index (χ3v) is 6.71. The molecule has 0 heterocycles. The maximum Gasteiger partial charge on any atom is 0.260 e. The van der Waals surface area contributed by atoms with E-state index in [-0.39, 0.29) is 40.7 Å². The van der Waals surface area contributed by atoms with Gasteiger partial charge in [0, 0.05) is 45.4 Å². The first-order valence-electron chi connectivity index (χ1n) is 12.3. The van der Waals surface area contributed by atoms with Crippen LogP contribution in [0, 0.1) is 11.2 Å². The Kier molecular flexibility index (Phi) is 10.4. The molecule has 0 aliphatic rings. The molecule has 212 valence electrons. The molecular formula is C29H28BrClF3N3O3. The Bertz CT molecular complexity index is 1410. The van der Waals surface area contributed by atoms with E-state index in [1.54, 1.807) is 45.0 Å². The first-order valence-corrected chi connectivity index (χ1v) is 13.5. The van der Waals surface area contributed by atoms with Crippen molar-refractivity contribution in [1.82, 2.24) is 5.32 Å². The van der Waals surface area contributed by atoms with Crippen molar-refractivity contribution < 1.29 is 27.6 Å². The van der Waals surface area contributed by atoms with E-state index in [1.165, 1.54) is 30.3 Å². The molecule has 11 heteroatoms. The summed E-state index contributed by atoms with van der Waals surface area (Å²) >= 11 is 9.46. The van der Waals surface area contributed by atoms with Crippen LogP contribution >= 0.6 is 27.5 Å². The fourth-order valence-electron chi connectivity index (χ4n) is 3.65. The molecule has 0 saturated heterocycles. The van der Waals surface area contributed by atoms with E-state index < -0.39 is 41.5 Å². The minimum absolute atomic E-state index is 0.0593. The van der Waals surface area contributed by atoms with Crippen molar-refractivity contribution in [2.45, 2.75) is 46.6 Å². The molecule has 0 radical (unpaired) electrons. The van der Waals surface area contributed by atoms with Gasteiger partial charge in [0.15, 0.2) is 0 Å². The van der Waals surface area contributed by atoms with E-state index in [4.69, 9.17) is 11.6 Å². The highest BCUT2D eigenvalue weighted by Gasteiger charge is 2.24. The molecule has 3 N–H and O–H groups in total. The van der Waals surface area contributed by atoms with Crippen LogP contribution in [0.2, 0.25) is 5.02 Å². The van der Waals surface area contributed by atoms with Gasteiger partial charge < -0.3 is 16.0 Å². The lowest BCUT2D eigenvalue weighted by Gasteiger charge is -2.18. The first-order chi connectivity index (χ1) is 18.8. The number of anilines is 2. The highest BCUT2D eigenvalue weighted by atomic mass is 79.9. The molecule has 40 heavy (non-hydrogen) atoms. The maximum absolute atomic E-state index is 15.3. The zero-order valence-electron chi connectivity index (χ0n) is 22.0. The summed E-state index contributed by atoms with van der Waals surface area (Å²) in [5.74, 6) is -2.65. The number of hydrogen-bond donors (Lipinski definition) is 3. The van der Waals surface area contributed by atoms with Gasteiger partial charge in [-0.15, -0.1) is 0 Å². The number of amides is 3. The van der Waals surface area contributed by atoms with Gasteiger partial charge >= 0.3 is 0 Å². The SMILES string of the molecule is CC(C)(C)C(=O)NCc1ccc(Cl)c(C(=O)Nc2ccc(CCC(F)F)c(C(=O)Nc3ccc(Br)cc3)c2)c1F. The number of alkyl halides is 2. The summed E-state index contributed by atoms with van der Waals surface area (Å²) in [6.45, 7) is 4.99. The summed E-state index contributed by atoms with van der Waals surface area (Å²) in [6.07, 6.45) is -3.09. The van der Waals surface area contributed by atoms with Crippen molar-refractivity contribution in [2.24, 2.45) is 5.41 Å². The summed E-state index contributed by atoms with van der Waals surface area (Å²) in [5, 5.41) is 7.72. The Hall–Kier alpha value is -3.37. The van der Waals surface area contributed by atoms with Crippen LogP contribution in [-0.2, 0) is 17.8 Å². The zero-order valence-corrected chi connectivity index (χ0v) is 24.4. The second-order valence-electron chi connectivity index (χ2n) is 10.0. The molecule has 0 aliphatic carbocycles. The summed E-state index contributed by atoms with van der Waals surface area (Å²) in [7, 11) is 0. The monoisotopic (exact) mass is 637 g/mol. The topological polar surface area (TPSA) is 87.3 Å². The first kappa shape index (κ1) is 31.2. The minimum Gasteiger partial charge on any atom is -0.351 e. The van der Waals surface area contributed by atoms with Gasteiger partial charge in [-0.05, 0) is 54.4 Å². The predicted octanol–water partition coefficient (Wildman–Crippen LogP) is 7.61. The lowest BCUT2D eigenvalue weighted by atomic mass is 9.95. The molecule has 0 aromatic heterocycles. The molecule has 0 spiro atoms. The molecule has 0 atom stereocenters. The van der Waals surface area contributed by atoms with Gasteiger partial charge in [-0.3, -0.25) is 14.4 Å². The zero-order chi connectivity index (χ0) is 29.6. The smallest absolute Gasteiger partial charge is 0.260 e. The lowest BCUT2D eigenvalue weighted by Crippen LogP contribution is -2.34. The van der Waals surface area contributed by atoms with Gasteiger partial charge in [-0.1, -0.05) is 60.4 Å². The van der Waals surface area contributed by atoms with Gasteiger partial charge in [0.05, 0.1) is 10.6 Å². The second-order valence-corrected chi connectivity index (χ2v) is 11.4. The summed E-state index contributed by atoms with van der Waals surface area (Å²) in [6, 6.07) is 13.7. The van der Waals surface area contributed by atoms with Crippen molar-refractivity contribution in [3.63, 3.8) is 0 Å². The Labute approximate surface area is 243 Å². The minimum atomic E-state index is -2.56. The van der Waals surface area contributed by atoms with Crippen LogP contribution in [0.15, 0.2) is 59.1 Å². The highest BCUT2D eigenvalue weighted by molar-refractivity contribution is 9.10. The van der Waals surface area contributed by atoms with Crippen LogP contribution in [0.1, 0.15) is 59.0 Å². The van der Waals surface area contributed by atoms with E-state index in [9.17, 15) is 23.2 Å². The van der Waals surface area contributed by atoms with E-state index in [2.05, 4.69) is 31.9 Å². The number of aryl methyl sites for hydroxylation is 1.